The Morgan fingerprint density at radius 1 is 0.955 bits per heavy atom. The summed E-state index contributed by atoms with van der Waals surface area (Å²) in [5.74, 6) is -2.13. The quantitative estimate of drug-likeness (QED) is 0.222. The normalized spacial score (nSPS) is 9.09. The molecule has 0 atom stereocenters. The maximum Gasteiger partial charge on any atom is 1.00 e. The molecule has 2 rings (SSSR count). The van der Waals surface area contributed by atoms with Gasteiger partial charge in [0.1, 0.15) is 11.3 Å². The van der Waals surface area contributed by atoms with Gasteiger partial charge in [-0.2, -0.15) is 0 Å². The summed E-state index contributed by atoms with van der Waals surface area (Å²) < 4.78 is 4.66. The largest absolute Gasteiger partial charge is 1.00 e. The van der Waals surface area contributed by atoms with Crippen molar-refractivity contribution >= 4 is 23.3 Å². The number of nitrogens with two attached hydrogens (primary N) is 2. The zero-order valence-corrected chi connectivity index (χ0v) is 17.5. The molecule has 2 aromatic carbocycles. The van der Waals surface area contributed by atoms with Crippen molar-refractivity contribution in [1.82, 2.24) is 0 Å². The van der Waals surface area contributed by atoms with E-state index in [0.717, 1.165) is 0 Å². The molecule has 22 heavy (non-hydrogen) atoms. The summed E-state index contributed by atoms with van der Waals surface area (Å²) in [6.07, 6.45) is 0. The Morgan fingerprint density at radius 2 is 1.50 bits per heavy atom. The van der Waals surface area contributed by atoms with Crippen molar-refractivity contribution < 1.29 is 103 Å². The molecule has 0 bridgehead atoms. The Kier molecular flexibility index (Phi) is 9.52. The van der Waals surface area contributed by atoms with Crippen molar-refractivity contribution in [1.29, 1.82) is 0 Å². The van der Waals surface area contributed by atoms with Crippen molar-refractivity contribution in [2.24, 2.45) is 0 Å². The van der Waals surface area contributed by atoms with E-state index >= 15 is 0 Å². The fraction of sp³-hybridized carbons (Fsp3) is 0. The molecular weight excluding hydrogens is 322 g/mol. The zero-order chi connectivity index (χ0) is 14.7. The fourth-order valence-electron chi connectivity index (χ4n) is 1.54. The van der Waals surface area contributed by atoms with Crippen LogP contribution in [0.1, 0.15) is 23.6 Å². The monoisotopic (exact) mass is 336 g/mol. The number of aromatic hydroxyl groups is 1. The van der Waals surface area contributed by atoms with E-state index in [1.54, 1.807) is 0 Å². The first-order chi connectivity index (χ1) is 9.47. The van der Waals surface area contributed by atoms with Crippen molar-refractivity contribution in [2.45, 2.75) is 0 Å². The smallest absolute Gasteiger partial charge is 1.00 e. The van der Waals surface area contributed by atoms with Gasteiger partial charge in [0.25, 0.3) is 0 Å². The molecule has 106 valence electrons. The van der Waals surface area contributed by atoms with Crippen LogP contribution in [0.3, 0.4) is 0 Å². The van der Waals surface area contributed by atoms with Crippen molar-refractivity contribution in [3.05, 3.63) is 53.6 Å². The summed E-state index contributed by atoms with van der Waals surface area (Å²) in [6, 6.07) is 9.81. The molecule has 5 N–H and O–H groups in total. The molecule has 0 saturated carbocycles. The van der Waals surface area contributed by atoms with Gasteiger partial charge in [-0.3, -0.25) is 0 Å². The van der Waals surface area contributed by atoms with Crippen LogP contribution in [0.5, 0.6) is 5.75 Å². The van der Waals surface area contributed by atoms with E-state index in [0.29, 0.717) is 11.4 Å². The van der Waals surface area contributed by atoms with Gasteiger partial charge in [0, 0.05) is 17.4 Å². The van der Waals surface area contributed by atoms with Gasteiger partial charge in [-0.25, -0.2) is 9.59 Å². The third kappa shape index (κ3) is 5.67. The van der Waals surface area contributed by atoms with E-state index in [9.17, 15) is 14.7 Å². The standard InChI is InChI=1S/C14H12N2O4.K.Na.2H/c15-9-3-1-8(2-4-9)13(18)20-14(19)11-6-5-10(16)7-12(11)17;;;;/h1-7,17H,15-16H2;;;;/q;2*+1;2*-1. The Labute approximate surface area is 194 Å². The number of hydrogen-bond acceptors (Lipinski definition) is 6. The minimum Gasteiger partial charge on any atom is -1.00 e. The van der Waals surface area contributed by atoms with Crippen LogP contribution in [0, 0.1) is 0 Å². The Bertz CT molecular complexity index is 687. The van der Waals surface area contributed by atoms with Gasteiger partial charge in [-0.1, -0.05) is 0 Å². The van der Waals surface area contributed by atoms with E-state index in [2.05, 4.69) is 4.74 Å². The minimum absolute atomic E-state index is 0. The SMILES string of the molecule is Nc1ccc(C(=O)OC(=O)c2ccc(N)cc2O)cc1.[H-].[H-].[K+].[Na+]. The molecule has 0 aliphatic rings. The molecule has 6 nitrogen and oxygen atoms in total. The first-order valence-electron chi connectivity index (χ1n) is 5.68. The number of benzene rings is 2. The Morgan fingerprint density at radius 3 is 2.05 bits per heavy atom. The molecule has 0 heterocycles. The molecule has 0 unspecified atom stereocenters. The second-order valence-electron chi connectivity index (χ2n) is 4.08. The minimum atomic E-state index is -0.954. The summed E-state index contributed by atoms with van der Waals surface area (Å²) in [4.78, 5) is 23.5. The maximum atomic E-state index is 11.8. The first-order valence-corrected chi connectivity index (χ1v) is 5.68. The van der Waals surface area contributed by atoms with Crippen LogP contribution < -0.4 is 92.4 Å². The van der Waals surface area contributed by atoms with Gasteiger partial charge in [-0.15, -0.1) is 0 Å². The summed E-state index contributed by atoms with van der Waals surface area (Å²) in [6.45, 7) is 0. The van der Waals surface area contributed by atoms with Gasteiger partial charge < -0.3 is 24.2 Å². The number of ether oxygens (including phenoxy) is 1. The number of carbonyl (C=O) groups excluding carboxylic acids is 2. The third-order valence-electron chi connectivity index (χ3n) is 2.57. The average molecular weight is 336 g/mol. The predicted octanol–water partition coefficient (Wildman–Crippen LogP) is -4.21. The van der Waals surface area contributed by atoms with Crippen LogP contribution in [-0.4, -0.2) is 17.0 Å². The van der Waals surface area contributed by atoms with Gasteiger partial charge in [-0.05, 0) is 36.4 Å². The average Bonchev–Trinajstić information content (AvgIpc) is 2.39. The summed E-state index contributed by atoms with van der Waals surface area (Å²) >= 11 is 0. The number of phenolic OH excluding ortho intramolecular Hbond substituents is 1. The number of anilines is 2. The predicted molar refractivity (Wildman–Crippen MR) is 75.3 cm³/mol. The maximum absolute atomic E-state index is 11.8. The Hall–Kier alpha value is -0.384. The van der Waals surface area contributed by atoms with Crippen LogP contribution in [-0.2, 0) is 4.74 Å². The first kappa shape index (κ1) is 21.6. The number of hydrogen-bond donors (Lipinski definition) is 3. The van der Waals surface area contributed by atoms with Crippen molar-refractivity contribution in [3.63, 3.8) is 0 Å². The second kappa shape index (κ2) is 9.69. The van der Waals surface area contributed by atoms with Crippen molar-refractivity contribution in [3.8, 4) is 5.75 Å². The van der Waals surface area contributed by atoms with Gasteiger partial charge in [0.15, 0.2) is 0 Å². The third-order valence-corrected chi connectivity index (χ3v) is 2.57. The molecule has 0 fully saturated rings. The molecule has 0 amide bonds. The molecule has 0 aliphatic heterocycles. The van der Waals surface area contributed by atoms with Crippen molar-refractivity contribution in [2.75, 3.05) is 11.5 Å². The molecule has 0 saturated heterocycles. The molecule has 0 aliphatic carbocycles. The van der Waals surface area contributed by atoms with E-state index < -0.39 is 11.9 Å². The molecule has 2 aromatic rings. The number of nitrogen functional groups attached to an aromatic ring is 2. The van der Waals surface area contributed by atoms with Crippen LogP contribution in [0.15, 0.2) is 42.5 Å². The van der Waals surface area contributed by atoms with Gasteiger partial charge in [0.05, 0.1) is 5.56 Å². The van der Waals surface area contributed by atoms with Crippen LogP contribution in [0.25, 0.3) is 0 Å². The number of carbonyl (C=O) groups is 2. The molecule has 0 aromatic heterocycles. The van der Waals surface area contributed by atoms with Crippen LogP contribution >= 0.6 is 0 Å². The van der Waals surface area contributed by atoms with E-state index in [-0.39, 0.29) is 101 Å². The Balaban J connectivity index is -0.00000110. The van der Waals surface area contributed by atoms with E-state index in [4.69, 9.17) is 11.5 Å². The van der Waals surface area contributed by atoms with Crippen LogP contribution in [0.2, 0.25) is 0 Å². The zero-order valence-electron chi connectivity index (χ0n) is 14.4. The van der Waals surface area contributed by atoms with Gasteiger partial charge >= 0.3 is 92.9 Å². The summed E-state index contributed by atoms with van der Waals surface area (Å²) in [5.41, 5.74) is 11.8. The summed E-state index contributed by atoms with van der Waals surface area (Å²) in [7, 11) is 0. The van der Waals surface area contributed by atoms with Crippen LogP contribution in [0.4, 0.5) is 11.4 Å². The van der Waals surface area contributed by atoms with E-state index in [1.165, 1.54) is 42.5 Å². The molecule has 0 radical (unpaired) electrons. The number of esters is 2. The fourth-order valence-corrected chi connectivity index (χ4v) is 1.54. The molecule has 0 spiro atoms. The topological polar surface area (TPSA) is 116 Å². The summed E-state index contributed by atoms with van der Waals surface area (Å²) in [5, 5.41) is 9.57. The number of rotatable bonds is 2. The number of phenols is 1. The molecular formula is C14H14KN2NaO4. The second-order valence-corrected chi connectivity index (χ2v) is 4.08. The molecule has 8 heteroatoms. The van der Waals surface area contributed by atoms with Gasteiger partial charge in [0.2, 0.25) is 0 Å². The van der Waals surface area contributed by atoms with E-state index in [1.807, 2.05) is 0 Å².